The third-order valence-electron chi connectivity index (χ3n) is 2.10. The molecule has 0 aliphatic rings. The van der Waals surface area contributed by atoms with E-state index in [1.54, 1.807) is 0 Å². The first-order valence-corrected chi connectivity index (χ1v) is 4.49. The predicted octanol–water partition coefficient (Wildman–Crippen LogP) is 2.17. The zero-order chi connectivity index (χ0) is 11.4. The number of rotatable bonds is 4. The molecule has 1 aromatic rings. The number of ketones is 1. The van der Waals surface area contributed by atoms with Crippen LogP contribution in [0.3, 0.4) is 0 Å². The molecule has 4 heteroatoms. The van der Waals surface area contributed by atoms with E-state index in [4.69, 9.17) is 5.11 Å². The summed E-state index contributed by atoms with van der Waals surface area (Å²) in [5, 5.41) is 8.62. The van der Waals surface area contributed by atoms with Crippen LogP contribution in [0.25, 0.3) is 0 Å². The number of carbonyl (C=O) groups is 2. The van der Waals surface area contributed by atoms with Crippen LogP contribution < -0.4 is 0 Å². The predicted molar refractivity (Wildman–Crippen MR) is 52.9 cm³/mol. The highest BCUT2D eigenvalue weighted by Gasteiger charge is 2.15. The molecule has 1 rings (SSSR count). The number of carboxylic acid groups (broad SMARTS) is 1. The zero-order valence-corrected chi connectivity index (χ0v) is 8.24. The minimum Gasteiger partial charge on any atom is -0.478 e. The Morgan fingerprint density at radius 1 is 1.27 bits per heavy atom. The minimum atomic E-state index is -1.05. The summed E-state index contributed by atoms with van der Waals surface area (Å²) in [5.41, 5.74) is 0.449. The van der Waals surface area contributed by atoms with Crippen LogP contribution in [0.1, 0.15) is 27.6 Å². The van der Waals surface area contributed by atoms with E-state index in [-0.39, 0.29) is 11.3 Å². The molecule has 0 spiro atoms. The summed E-state index contributed by atoms with van der Waals surface area (Å²) < 4.78 is 12.2. The van der Waals surface area contributed by atoms with Crippen molar-refractivity contribution in [2.45, 2.75) is 6.92 Å². The van der Waals surface area contributed by atoms with Gasteiger partial charge in [-0.05, 0) is 12.1 Å². The Kier molecular flexibility index (Phi) is 3.55. The fourth-order valence-electron chi connectivity index (χ4n) is 1.13. The largest absolute Gasteiger partial charge is 0.478 e. The van der Waals surface area contributed by atoms with Crippen LogP contribution in [0, 0.1) is 5.92 Å². The van der Waals surface area contributed by atoms with Crippen molar-refractivity contribution < 1.29 is 19.1 Å². The van der Waals surface area contributed by atoms with E-state index in [2.05, 4.69) is 0 Å². The van der Waals surface area contributed by atoms with Gasteiger partial charge in [0.15, 0.2) is 5.78 Å². The third kappa shape index (κ3) is 2.62. The lowest BCUT2D eigenvalue weighted by Gasteiger charge is -2.05. The van der Waals surface area contributed by atoms with Crippen molar-refractivity contribution in [3.05, 3.63) is 35.4 Å². The second-order valence-electron chi connectivity index (χ2n) is 3.30. The number of hydrogen-bond donors (Lipinski definition) is 1. The van der Waals surface area contributed by atoms with E-state index in [0.717, 1.165) is 0 Å². The van der Waals surface area contributed by atoms with Crippen molar-refractivity contribution in [1.82, 2.24) is 0 Å². The average Bonchev–Trinajstić information content (AvgIpc) is 2.27. The monoisotopic (exact) mass is 210 g/mol. The van der Waals surface area contributed by atoms with Gasteiger partial charge in [0.25, 0.3) is 0 Å². The third-order valence-corrected chi connectivity index (χ3v) is 2.10. The minimum absolute atomic E-state index is 0.111. The number of Topliss-reactive ketones (excluding diaryl/α,β-unsaturated/α-hetero) is 1. The topological polar surface area (TPSA) is 54.4 Å². The van der Waals surface area contributed by atoms with Gasteiger partial charge in [0.05, 0.1) is 12.2 Å². The molecule has 0 saturated carbocycles. The highest BCUT2D eigenvalue weighted by atomic mass is 19.1. The smallest absolute Gasteiger partial charge is 0.335 e. The SMILES string of the molecule is CC(CF)C(=O)c1ccc(C(=O)O)cc1. The molecular weight excluding hydrogens is 199 g/mol. The summed E-state index contributed by atoms with van der Waals surface area (Å²) in [6, 6.07) is 5.47. The van der Waals surface area contributed by atoms with Crippen molar-refractivity contribution >= 4 is 11.8 Å². The Morgan fingerprint density at radius 3 is 2.13 bits per heavy atom. The van der Waals surface area contributed by atoms with Gasteiger partial charge in [-0.15, -0.1) is 0 Å². The fraction of sp³-hybridized carbons (Fsp3) is 0.273. The molecule has 80 valence electrons. The van der Waals surface area contributed by atoms with Gasteiger partial charge < -0.3 is 5.11 Å². The fourth-order valence-corrected chi connectivity index (χ4v) is 1.13. The zero-order valence-electron chi connectivity index (χ0n) is 8.24. The molecule has 0 heterocycles. The Labute approximate surface area is 86.5 Å². The van der Waals surface area contributed by atoms with Crippen molar-refractivity contribution in [3.63, 3.8) is 0 Å². The van der Waals surface area contributed by atoms with E-state index in [1.807, 2.05) is 0 Å². The normalized spacial score (nSPS) is 12.1. The molecule has 1 atom stereocenters. The number of hydrogen-bond acceptors (Lipinski definition) is 2. The Morgan fingerprint density at radius 2 is 1.73 bits per heavy atom. The summed E-state index contributed by atoms with van der Waals surface area (Å²) in [6.45, 7) is 0.785. The highest BCUT2D eigenvalue weighted by Crippen LogP contribution is 2.11. The molecule has 1 unspecified atom stereocenters. The van der Waals surface area contributed by atoms with Gasteiger partial charge in [-0.1, -0.05) is 19.1 Å². The highest BCUT2D eigenvalue weighted by molar-refractivity contribution is 5.98. The van der Waals surface area contributed by atoms with E-state index < -0.39 is 18.6 Å². The van der Waals surface area contributed by atoms with Crippen LogP contribution in [-0.4, -0.2) is 23.5 Å². The summed E-state index contributed by atoms with van der Waals surface area (Å²) >= 11 is 0. The number of alkyl halides is 1. The van der Waals surface area contributed by atoms with E-state index in [1.165, 1.54) is 31.2 Å². The molecule has 0 radical (unpaired) electrons. The average molecular weight is 210 g/mol. The number of carbonyl (C=O) groups excluding carboxylic acids is 1. The number of aromatic carboxylic acids is 1. The van der Waals surface area contributed by atoms with E-state index in [0.29, 0.717) is 5.56 Å². The second-order valence-corrected chi connectivity index (χ2v) is 3.30. The lowest BCUT2D eigenvalue weighted by molar-refractivity contribution is 0.0696. The molecule has 1 aromatic carbocycles. The Bertz CT molecular complexity index is 370. The standard InChI is InChI=1S/C11H11FO3/c1-7(6-12)10(13)8-2-4-9(5-3-8)11(14)15/h2-5,7H,6H2,1H3,(H,14,15). The first-order valence-electron chi connectivity index (χ1n) is 4.49. The molecular formula is C11H11FO3. The van der Waals surface area contributed by atoms with Crippen molar-refractivity contribution in [2.24, 2.45) is 5.92 Å². The lowest BCUT2D eigenvalue weighted by Crippen LogP contribution is -2.13. The molecule has 0 aliphatic carbocycles. The van der Waals surface area contributed by atoms with Gasteiger partial charge in [0.2, 0.25) is 0 Å². The Hall–Kier alpha value is -1.71. The number of benzene rings is 1. The molecule has 15 heavy (non-hydrogen) atoms. The molecule has 0 bridgehead atoms. The van der Waals surface area contributed by atoms with E-state index >= 15 is 0 Å². The van der Waals surface area contributed by atoms with Crippen LogP contribution in [0.15, 0.2) is 24.3 Å². The maximum Gasteiger partial charge on any atom is 0.335 e. The second kappa shape index (κ2) is 4.68. The van der Waals surface area contributed by atoms with Gasteiger partial charge in [-0.25, -0.2) is 4.79 Å². The number of halogens is 1. The first kappa shape index (κ1) is 11.4. The Balaban J connectivity index is 2.89. The summed E-state index contributed by atoms with van der Waals surface area (Å²) in [6.07, 6.45) is 0. The van der Waals surface area contributed by atoms with Gasteiger partial charge in [-0.2, -0.15) is 0 Å². The van der Waals surface area contributed by atoms with Gasteiger partial charge in [0.1, 0.15) is 0 Å². The summed E-state index contributed by atoms with van der Waals surface area (Å²) in [5.74, 6) is -2.04. The molecule has 0 saturated heterocycles. The van der Waals surface area contributed by atoms with Crippen LogP contribution in [0.4, 0.5) is 4.39 Å². The molecule has 1 N–H and O–H groups in total. The van der Waals surface area contributed by atoms with Crippen LogP contribution in [0.5, 0.6) is 0 Å². The van der Waals surface area contributed by atoms with E-state index in [9.17, 15) is 14.0 Å². The van der Waals surface area contributed by atoms with Crippen molar-refractivity contribution in [2.75, 3.05) is 6.67 Å². The molecule has 0 amide bonds. The summed E-state index contributed by atoms with van der Waals surface area (Å²) in [7, 11) is 0. The maximum absolute atomic E-state index is 12.2. The molecule has 0 fully saturated rings. The summed E-state index contributed by atoms with van der Waals surface area (Å²) in [4.78, 5) is 22.0. The van der Waals surface area contributed by atoms with Crippen LogP contribution in [0.2, 0.25) is 0 Å². The first-order chi connectivity index (χ1) is 7.06. The van der Waals surface area contributed by atoms with Crippen molar-refractivity contribution in [3.8, 4) is 0 Å². The quantitative estimate of drug-likeness (QED) is 0.775. The lowest BCUT2D eigenvalue weighted by atomic mass is 9.99. The molecule has 3 nitrogen and oxygen atoms in total. The van der Waals surface area contributed by atoms with Gasteiger partial charge >= 0.3 is 5.97 Å². The van der Waals surface area contributed by atoms with Crippen LogP contribution in [-0.2, 0) is 0 Å². The maximum atomic E-state index is 12.2. The van der Waals surface area contributed by atoms with Gasteiger partial charge in [0, 0.05) is 11.5 Å². The molecule has 0 aromatic heterocycles. The number of carboxylic acids is 1. The van der Waals surface area contributed by atoms with Gasteiger partial charge in [-0.3, -0.25) is 9.18 Å². The van der Waals surface area contributed by atoms with Crippen LogP contribution >= 0.6 is 0 Å². The molecule has 0 aliphatic heterocycles. The van der Waals surface area contributed by atoms with Crippen molar-refractivity contribution in [1.29, 1.82) is 0 Å².